The van der Waals surface area contributed by atoms with Gasteiger partial charge in [-0.05, 0) is 36.8 Å². The summed E-state index contributed by atoms with van der Waals surface area (Å²) >= 11 is 0. The van der Waals surface area contributed by atoms with Crippen LogP contribution in [0.25, 0.3) is 0 Å². The number of nitrogens with zero attached hydrogens (tertiary/aromatic N) is 4. The molecule has 8 heteroatoms. The van der Waals surface area contributed by atoms with E-state index in [1.165, 1.54) is 6.20 Å². The zero-order valence-corrected chi connectivity index (χ0v) is 13.9. The molecule has 0 bridgehead atoms. The van der Waals surface area contributed by atoms with Gasteiger partial charge >= 0.3 is 0 Å². The average molecular weight is 345 g/mol. The molecule has 1 saturated heterocycles. The zero-order valence-electron chi connectivity index (χ0n) is 13.1. The Morgan fingerprint density at radius 1 is 1.08 bits per heavy atom. The summed E-state index contributed by atoms with van der Waals surface area (Å²) in [5.41, 5.74) is 0. The van der Waals surface area contributed by atoms with Crippen LogP contribution in [0.15, 0.2) is 48.0 Å². The second kappa shape index (κ2) is 6.10. The van der Waals surface area contributed by atoms with Gasteiger partial charge in [-0.2, -0.15) is 4.31 Å². The molecule has 0 spiro atoms. The minimum absolute atomic E-state index is 0.237. The number of pyridine rings is 1. The Morgan fingerprint density at radius 3 is 2.71 bits per heavy atom. The smallest absolute Gasteiger partial charge is 0.244 e. The number of nitrogens with one attached hydrogen (secondary N) is 1. The normalized spacial score (nSPS) is 27.1. The molecule has 1 aliphatic heterocycles. The van der Waals surface area contributed by atoms with Gasteiger partial charge < -0.3 is 5.32 Å². The Bertz CT molecular complexity index is 800. The molecular formula is C16H19N5O2S. The Labute approximate surface area is 141 Å². The van der Waals surface area contributed by atoms with Crippen molar-refractivity contribution < 1.29 is 8.42 Å². The summed E-state index contributed by atoms with van der Waals surface area (Å²) in [6.45, 7) is 1.13. The first-order valence-electron chi connectivity index (χ1n) is 8.07. The fraction of sp³-hybridized carbons (Fsp3) is 0.438. The van der Waals surface area contributed by atoms with E-state index in [1.807, 2.05) is 0 Å². The van der Waals surface area contributed by atoms with E-state index in [2.05, 4.69) is 20.3 Å². The maximum atomic E-state index is 12.8. The lowest BCUT2D eigenvalue weighted by molar-refractivity contribution is 0.436. The van der Waals surface area contributed by atoms with Gasteiger partial charge in [0.25, 0.3) is 0 Å². The largest absolute Gasteiger partial charge is 0.366 e. The van der Waals surface area contributed by atoms with Gasteiger partial charge in [0, 0.05) is 43.9 Å². The van der Waals surface area contributed by atoms with Crippen LogP contribution in [0.4, 0.5) is 5.82 Å². The lowest BCUT2D eigenvalue weighted by Gasteiger charge is -2.21. The highest BCUT2D eigenvalue weighted by Crippen LogP contribution is 2.41. The topological polar surface area (TPSA) is 88.1 Å². The van der Waals surface area contributed by atoms with Crippen LogP contribution in [-0.4, -0.2) is 46.8 Å². The molecule has 7 nitrogen and oxygen atoms in total. The predicted octanol–water partition coefficient (Wildman–Crippen LogP) is 1.38. The molecule has 2 fully saturated rings. The molecule has 126 valence electrons. The number of hydrogen-bond donors (Lipinski definition) is 1. The highest BCUT2D eigenvalue weighted by molar-refractivity contribution is 7.89. The molecule has 2 aromatic heterocycles. The fourth-order valence-corrected chi connectivity index (χ4v) is 5.31. The molecular weight excluding hydrogens is 326 g/mol. The fourth-order valence-electron chi connectivity index (χ4n) is 3.81. The monoisotopic (exact) mass is 345 g/mol. The van der Waals surface area contributed by atoms with Crippen molar-refractivity contribution in [3.05, 3.63) is 43.1 Å². The first kappa shape index (κ1) is 15.5. The van der Waals surface area contributed by atoms with Gasteiger partial charge in [-0.1, -0.05) is 0 Å². The second-order valence-corrected chi connectivity index (χ2v) is 8.29. The zero-order chi connectivity index (χ0) is 16.6. The molecule has 2 aromatic rings. The number of hydrogen-bond acceptors (Lipinski definition) is 6. The van der Waals surface area contributed by atoms with Crippen molar-refractivity contribution in [1.82, 2.24) is 19.3 Å². The molecule has 0 amide bonds. The molecule has 24 heavy (non-hydrogen) atoms. The average Bonchev–Trinajstić information content (AvgIpc) is 3.19. The first-order chi connectivity index (χ1) is 11.6. The Balaban J connectivity index is 1.50. The van der Waals surface area contributed by atoms with Crippen LogP contribution >= 0.6 is 0 Å². The van der Waals surface area contributed by atoms with Gasteiger partial charge in [-0.3, -0.25) is 9.97 Å². The minimum Gasteiger partial charge on any atom is -0.366 e. The predicted molar refractivity (Wildman–Crippen MR) is 88.7 cm³/mol. The molecule has 1 N–H and O–H groups in total. The Kier molecular flexibility index (Phi) is 3.93. The number of rotatable bonds is 4. The molecule has 2 aliphatic rings. The van der Waals surface area contributed by atoms with E-state index in [0.717, 1.165) is 18.7 Å². The van der Waals surface area contributed by atoms with E-state index in [0.29, 0.717) is 24.9 Å². The molecule has 3 heterocycles. The lowest BCUT2D eigenvalue weighted by atomic mass is 9.98. The minimum atomic E-state index is -3.46. The van der Waals surface area contributed by atoms with E-state index in [1.54, 1.807) is 41.2 Å². The SMILES string of the molecule is O=S(=O)(c1cccnc1)N1C[C@H]2CC[C@@H](Nc3cnccn3)[C@H]2C1. The van der Waals surface area contributed by atoms with Crippen molar-refractivity contribution in [2.24, 2.45) is 11.8 Å². The van der Waals surface area contributed by atoms with Crippen molar-refractivity contribution in [3.63, 3.8) is 0 Å². The summed E-state index contributed by atoms with van der Waals surface area (Å²) in [6, 6.07) is 3.49. The van der Waals surface area contributed by atoms with E-state index in [-0.39, 0.29) is 10.9 Å². The number of sulfonamides is 1. The van der Waals surface area contributed by atoms with Crippen molar-refractivity contribution in [2.75, 3.05) is 18.4 Å². The van der Waals surface area contributed by atoms with Crippen molar-refractivity contribution >= 4 is 15.8 Å². The maximum Gasteiger partial charge on any atom is 0.244 e. The van der Waals surface area contributed by atoms with Gasteiger partial charge in [0.2, 0.25) is 10.0 Å². The maximum absolute atomic E-state index is 12.8. The summed E-state index contributed by atoms with van der Waals surface area (Å²) in [4.78, 5) is 12.5. The van der Waals surface area contributed by atoms with Gasteiger partial charge in [-0.25, -0.2) is 13.4 Å². The number of anilines is 1. The summed E-state index contributed by atoms with van der Waals surface area (Å²) in [6.07, 6.45) is 10.1. The third kappa shape index (κ3) is 2.76. The lowest BCUT2D eigenvalue weighted by Crippen LogP contribution is -2.33. The quantitative estimate of drug-likeness (QED) is 0.901. The molecule has 1 saturated carbocycles. The standard InChI is InChI=1S/C16H19N5O2S/c22-24(23,13-2-1-5-17-8-13)21-10-12-3-4-15(14(12)11-21)20-16-9-18-6-7-19-16/h1-2,5-9,12,14-15H,3-4,10-11H2,(H,19,20)/t12-,14+,15-/m1/s1. The van der Waals surface area contributed by atoms with Crippen molar-refractivity contribution in [3.8, 4) is 0 Å². The second-order valence-electron chi connectivity index (χ2n) is 6.35. The van der Waals surface area contributed by atoms with Gasteiger partial charge in [0.1, 0.15) is 10.7 Å². The summed E-state index contributed by atoms with van der Waals surface area (Å²) in [5.74, 6) is 1.45. The van der Waals surface area contributed by atoms with Crippen LogP contribution < -0.4 is 5.32 Å². The van der Waals surface area contributed by atoms with Crippen LogP contribution in [0.1, 0.15) is 12.8 Å². The van der Waals surface area contributed by atoms with Gasteiger partial charge in [0.15, 0.2) is 0 Å². The third-order valence-electron chi connectivity index (χ3n) is 4.99. The highest BCUT2D eigenvalue weighted by atomic mass is 32.2. The third-order valence-corrected chi connectivity index (χ3v) is 6.81. The molecule has 0 aromatic carbocycles. The summed E-state index contributed by atoms with van der Waals surface area (Å²) in [5, 5.41) is 3.42. The van der Waals surface area contributed by atoms with E-state index < -0.39 is 10.0 Å². The van der Waals surface area contributed by atoms with Crippen LogP contribution in [0.3, 0.4) is 0 Å². The molecule has 4 rings (SSSR count). The van der Waals surface area contributed by atoms with Crippen LogP contribution in [0.5, 0.6) is 0 Å². The van der Waals surface area contributed by atoms with Crippen molar-refractivity contribution in [2.45, 2.75) is 23.8 Å². The van der Waals surface area contributed by atoms with E-state index in [4.69, 9.17) is 0 Å². The molecule has 0 radical (unpaired) electrons. The summed E-state index contributed by atoms with van der Waals surface area (Å²) in [7, 11) is -3.46. The number of aromatic nitrogens is 3. The molecule has 1 aliphatic carbocycles. The van der Waals surface area contributed by atoms with Gasteiger partial charge in [-0.15, -0.1) is 0 Å². The van der Waals surface area contributed by atoms with E-state index in [9.17, 15) is 8.42 Å². The molecule has 0 unspecified atom stereocenters. The highest BCUT2D eigenvalue weighted by Gasteiger charge is 2.46. The van der Waals surface area contributed by atoms with Crippen LogP contribution in [0, 0.1) is 11.8 Å². The van der Waals surface area contributed by atoms with E-state index >= 15 is 0 Å². The van der Waals surface area contributed by atoms with Crippen LogP contribution in [-0.2, 0) is 10.0 Å². The van der Waals surface area contributed by atoms with Gasteiger partial charge in [0.05, 0.1) is 6.20 Å². The Morgan fingerprint density at radius 2 is 1.96 bits per heavy atom. The summed E-state index contributed by atoms with van der Waals surface area (Å²) < 4.78 is 27.1. The van der Waals surface area contributed by atoms with Crippen molar-refractivity contribution in [1.29, 1.82) is 0 Å². The number of fused-ring (bicyclic) bond motifs is 1. The Hall–Kier alpha value is -2.06. The van der Waals surface area contributed by atoms with Crippen LogP contribution in [0.2, 0.25) is 0 Å². The first-order valence-corrected chi connectivity index (χ1v) is 9.51. The molecule has 3 atom stereocenters.